The van der Waals surface area contributed by atoms with E-state index in [2.05, 4.69) is 15.3 Å². The van der Waals surface area contributed by atoms with Crippen LogP contribution in [0.25, 0.3) is 11.0 Å². The van der Waals surface area contributed by atoms with E-state index in [1.807, 2.05) is 31.2 Å². The maximum atomic E-state index is 11.2. The van der Waals surface area contributed by atoms with Crippen LogP contribution in [0.2, 0.25) is 0 Å². The van der Waals surface area contributed by atoms with E-state index in [-0.39, 0.29) is 11.8 Å². The Balaban J connectivity index is 2.15. The summed E-state index contributed by atoms with van der Waals surface area (Å²) in [6.45, 7) is 2.83. The van der Waals surface area contributed by atoms with E-state index >= 15 is 0 Å². The summed E-state index contributed by atoms with van der Waals surface area (Å²) in [6.07, 6.45) is 4.39. The number of nitrogens with one attached hydrogen (secondary N) is 1. The molecule has 0 radical (unpaired) electrons. The van der Waals surface area contributed by atoms with Gasteiger partial charge in [0.05, 0.1) is 29.0 Å². The van der Waals surface area contributed by atoms with Crippen LogP contribution in [0.1, 0.15) is 31.5 Å². The molecule has 1 unspecified atom stereocenters. The van der Waals surface area contributed by atoms with Gasteiger partial charge >= 0.3 is 0 Å². The van der Waals surface area contributed by atoms with E-state index in [9.17, 15) is 8.42 Å². The molecule has 114 valence electrons. The van der Waals surface area contributed by atoms with Gasteiger partial charge in [0, 0.05) is 12.0 Å². The van der Waals surface area contributed by atoms with E-state index in [1.165, 1.54) is 6.26 Å². The first-order chi connectivity index (χ1) is 9.99. The fourth-order valence-corrected chi connectivity index (χ4v) is 2.98. The van der Waals surface area contributed by atoms with Gasteiger partial charge in [0.1, 0.15) is 9.84 Å². The number of nitrogens with zero attached hydrogens (tertiary/aromatic N) is 2. The highest BCUT2D eigenvalue weighted by Gasteiger charge is 2.14. The van der Waals surface area contributed by atoms with E-state index in [1.54, 1.807) is 6.20 Å². The first kappa shape index (κ1) is 15.9. The van der Waals surface area contributed by atoms with Crippen molar-refractivity contribution in [1.82, 2.24) is 15.3 Å². The van der Waals surface area contributed by atoms with Crippen LogP contribution >= 0.6 is 0 Å². The summed E-state index contributed by atoms with van der Waals surface area (Å²) in [5.41, 5.74) is 2.60. The Morgan fingerprint density at radius 2 is 1.95 bits per heavy atom. The maximum absolute atomic E-state index is 11.2. The number of aromatic nitrogens is 2. The minimum absolute atomic E-state index is 0.0360. The molecule has 0 saturated carbocycles. The number of benzene rings is 1. The first-order valence-electron chi connectivity index (χ1n) is 7.12. The lowest BCUT2D eigenvalue weighted by atomic mass is 10.1. The fourth-order valence-electron chi connectivity index (χ4n) is 2.29. The van der Waals surface area contributed by atoms with Crippen molar-refractivity contribution in [3.63, 3.8) is 0 Å². The third-order valence-corrected chi connectivity index (χ3v) is 4.31. The standard InChI is InChI=1S/C15H21N3O2S/c1-3-16-13(9-6-10-21(2,19)20)15-11-17-12-7-4-5-8-14(12)18-15/h4-5,7-8,11,13,16H,3,6,9-10H2,1-2H3. The summed E-state index contributed by atoms with van der Waals surface area (Å²) in [5.74, 6) is 0.204. The first-order valence-corrected chi connectivity index (χ1v) is 9.18. The van der Waals surface area contributed by atoms with Gasteiger partial charge in [-0.3, -0.25) is 4.98 Å². The van der Waals surface area contributed by atoms with Crippen molar-refractivity contribution in [3.8, 4) is 0 Å². The van der Waals surface area contributed by atoms with E-state index in [4.69, 9.17) is 0 Å². The fraction of sp³-hybridized carbons (Fsp3) is 0.467. The molecule has 21 heavy (non-hydrogen) atoms. The van der Waals surface area contributed by atoms with E-state index in [0.717, 1.165) is 29.7 Å². The molecule has 0 aliphatic rings. The number of hydrogen-bond acceptors (Lipinski definition) is 5. The van der Waals surface area contributed by atoms with E-state index < -0.39 is 9.84 Å². The smallest absolute Gasteiger partial charge is 0.147 e. The Morgan fingerprint density at radius 3 is 2.62 bits per heavy atom. The van der Waals surface area contributed by atoms with Gasteiger partial charge in [-0.1, -0.05) is 19.1 Å². The quantitative estimate of drug-likeness (QED) is 0.848. The van der Waals surface area contributed by atoms with Gasteiger partial charge in [0.2, 0.25) is 0 Å². The summed E-state index contributed by atoms with van der Waals surface area (Å²) in [4.78, 5) is 9.06. The second kappa shape index (κ2) is 6.95. The predicted molar refractivity (Wildman–Crippen MR) is 84.9 cm³/mol. The molecule has 2 rings (SSSR count). The van der Waals surface area contributed by atoms with E-state index in [0.29, 0.717) is 6.42 Å². The third-order valence-electron chi connectivity index (χ3n) is 3.28. The summed E-state index contributed by atoms with van der Waals surface area (Å²) >= 11 is 0. The van der Waals surface area contributed by atoms with Crippen molar-refractivity contribution in [2.24, 2.45) is 0 Å². The van der Waals surface area contributed by atoms with Crippen molar-refractivity contribution in [2.45, 2.75) is 25.8 Å². The Morgan fingerprint density at radius 1 is 1.24 bits per heavy atom. The number of sulfone groups is 1. The molecule has 0 fully saturated rings. The van der Waals surface area contributed by atoms with Crippen LogP contribution in [0.3, 0.4) is 0 Å². The van der Waals surface area contributed by atoms with Gasteiger partial charge in [-0.05, 0) is 31.5 Å². The highest BCUT2D eigenvalue weighted by Crippen LogP contribution is 2.18. The normalized spacial score (nSPS) is 13.4. The second-order valence-corrected chi connectivity index (χ2v) is 7.43. The number of rotatable bonds is 7. The summed E-state index contributed by atoms with van der Waals surface area (Å²) in [5, 5.41) is 3.35. The molecule has 5 nitrogen and oxygen atoms in total. The predicted octanol–water partition coefficient (Wildman–Crippen LogP) is 2.11. The molecule has 1 aromatic carbocycles. The van der Waals surface area contributed by atoms with Crippen LogP contribution in [0, 0.1) is 0 Å². The molecule has 0 amide bonds. The monoisotopic (exact) mass is 307 g/mol. The Labute approximate surface area is 125 Å². The largest absolute Gasteiger partial charge is 0.309 e. The summed E-state index contributed by atoms with van der Waals surface area (Å²) in [6, 6.07) is 7.77. The van der Waals surface area contributed by atoms with Gasteiger partial charge in [0.25, 0.3) is 0 Å². The molecular formula is C15H21N3O2S. The number of fused-ring (bicyclic) bond motifs is 1. The summed E-state index contributed by atoms with van der Waals surface area (Å²) in [7, 11) is -2.92. The molecule has 0 bridgehead atoms. The molecule has 0 spiro atoms. The Bertz CT molecular complexity index is 701. The van der Waals surface area contributed by atoms with Gasteiger partial charge in [-0.15, -0.1) is 0 Å². The number of hydrogen-bond donors (Lipinski definition) is 1. The average molecular weight is 307 g/mol. The maximum Gasteiger partial charge on any atom is 0.147 e. The molecule has 1 heterocycles. The molecule has 0 aliphatic carbocycles. The highest BCUT2D eigenvalue weighted by atomic mass is 32.2. The second-order valence-electron chi connectivity index (χ2n) is 5.17. The molecule has 6 heteroatoms. The molecule has 1 aromatic heterocycles. The highest BCUT2D eigenvalue weighted by molar-refractivity contribution is 7.90. The van der Waals surface area contributed by atoms with Crippen molar-refractivity contribution in [3.05, 3.63) is 36.2 Å². The molecule has 0 saturated heterocycles. The Kier molecular flexibility index (Phi) is 5.25. The van der Waals surface area contributed by atoms with Gasteiger partial charge in [0.15, 0.2) is 0 Å². The summed E-state index contributed by atoms with van der Waals surface area (Å²) < 4.78 is 22.5. The van der Waals surface area contributed by atoms with Gasteiger partial charge < -0.3 is 5.32 Å². The Hall–Kier alpha value is -1.53. The lowest BCUT2D eigenvalue weighted by Gasteiger charge is -2.17. The van der Waals surface area contributed by atoms with Crippen LogP contribution in [0.5, 0.6) is 0 Å². The lowest BCUT2D eigenvalue weighted by Crippen LogP contribution is -2.23. The van der Waals surface area contributed by atoms with Crippen molar-refractivity contribution < 1.29 is 8.42 Å². The van der Waals surface area contributed by atoms with Crippen LogP contribution in [0.15, 0.2) is 30.5 Å². The topological polar surface area (TPSA) is 72.0 Å². The van der Waals surface area contributed by atoms with Crippen molar-refractivity contribution >= 4 is 20.9 Å². The van der Waals surface area contributed by atoms with Gasteiger partial charge in [-0.2, -0.15) is 0 Å². The minimum atomic E-state index is -2.92. The zero-order chi connectivity index (χ0) is 15.3. The molecule has 0 aliphatic heterocycles. The van der Waals surface area contributed by atoms with Crippen LogP contribution in [-0.2, 0) is 9.84 Å². The average Bonchev–Trinajstić information content (AvgIpc) is 2.44. The van der Waals surface area contributed by atoms with Crippen molar-refractivity contribution in [2.75, 3.05) is 18.6 Å². The van der Waals surface area contributed by atoms with Crippen LogP contribution in [-0.4, -0.2) is 36.9 Å². The number of para-hydroxylation sites is 2. The minimum Gasteiger partial charge on any atom is -0.309 e. The zero-order valence-electron chi connectivity index (χ0n) is 12.4. The van der Waals surface area contributed by atoms with Crippen molar-refractivity contribution in [1.29, 1.82) is 0 Å². The van der Waals surface area contributed by atoms with Crippen LogP contribution < -0.4 is 5.32 Å². The van der Waals surface area contributed by atoms with Crippen LogP contribution in [0.4, 0.5) is 0 Å². The van der Waals surface area contributed by atoms with Gasteiger partial charge in [-0.25, -0.2) is 13.4 Å². The molecule has 1 atom stereocenters. The molecular weight excluding hydrogens is 286 g/mol. The molecule has 2 aromatic rings. The zero-order valence-corrected chi connectivity index (χ0v) is 13.2. The molecule has 1 N–H and O–H groups in total. The SMILES string of the molecule is CCNC(CCCS(C)(=O)=O)c1cnc2ccccc2n1. The lowest BCUT2D eigenvalue weighted by molar-refractivity contribution is 0.496. The third kappa shape index (κ3) is 4.75.